The lowest BCUT2D eigenvalue weighted by Crippen LogP contribution is -2.47. The molecule has 0 aliphatic carbocycles. The van der Waals surface area contributed by atoms with Crippen LogP contribution in [0.25, 0.3) is 0 Å². The Hall–Kier alpha value is -2.97. The van der Waals surface area contributed by atoms with Crippen LogP contribution in [0, 0.1) is 6.92 Å². The van der Waals surface area contributed by atoms with Crippen molar-refractivity contribution in [3.05, 3.63) is 64.8 Å². The first-order valence-corrected chi connectivity index (χ1v) is 10.8. The molecule has 0 atom stereocenters. The van der Waals surface area contributed by atoms with Gasteiger partial charge >= 0.3 is 0 Å². The number of nitrogens with zero attached hydrogens (tertiary/aromatic N) is 4. The van der Waals surface area contributed by atoms with Gasteiger partial charge in [-0.15, -0.1) is 11.3 Å². The van der Waals surface area contributed by atoms with E-state index in [1.807, 2.05) is 47.5 Å². The van der Waals surface area contributed by atoms with Crippen molar-refractivity contribution in [1.29, 1.82) is 0 Å². The molecule has 1 N–H and O–H groups in total. The predicted molar refractivity (Wildman–Crippen MR) is 119 cm³/mol. The molecule has 0 radical (unpaired) electrons. The van der Waals surface area contributed by atoms with Gasteiger partial charge in [0.25, 0.3) is 5.91 Å². The summed E-state index contributed by atoms with van der Waals surface area (Å²) in [5.41, 5.74) is 2.52. The van der Waals surface area contributed by atoms with Crippen LogP contribution in [0.5, 0.6) is 5.75 Å². The van der Waals surface area contributed by atoms with Crippen LogP contribution in [0.15, 0.2) is 48.0 Å². The minimum atomic E-state index is -0.0168. The number of rotatable bonds is 6. The third-order valence-electron chi connectivity index (χ3n) is 4.97. The fraction of sp³-hybridized carbons (Fsp3) is 0.318. The van der Waals surface area contributed by atoms with Crippen molar-refractivity contribution in [3.8, 4) is 5.75 Å². The number of amides is 1. The van der Waals surface area contributed by atoms with Gasteiger partial charge in [-0.05, 0) is 25.6 Å². The molecule has 1 aliphatic rings. The zero-order chi connectivity index (χ0) is 20.9. The van der Waals surface area contributed by atoms with Crippen LogP contribution in [-0.2, 0) is 6.61 Å². The van der Waals surface area contributed by atoms with Gasteiger partial charge in [-0.2, -0.15) is 0 Å². The molecule has 1 fully saturated rings. The minimum Gasteiger partial charge on any atom is -0.485 e. The van der Waals surface area contributed by atoms with Crippen molar-refractivity contribution < 1.29 is 9.53 Å². The number of ether oxygens (including phenoxy) is 1. The van der Waals surface area contributed by atoms with E-state index >= 15 is 0 Å². The fourth-order valence-electron chi connectivity index (χ4n) is 3.21. The molecule has 30 heavy (non-hydrogen) atoms. The van der Waals surface area contributed by atoms with Gasteiger partial charge in [0.05, 0.1) is 11.3 Å². The molecule has 8 heteroatoms. The van der Waals surface area contributed by atoms with Crippen LogP contribution in [0.3, 0.4) is 0 Å². The second-order valence-corrected chi connectivity index (χ2v) is 8.22. The summed E-state index contributed by atoms with van der Waals surface area (Å²) in [6.45, 7) is 5.51. The second kappa shape index (κ2) is 9.23. The summed E-state index contributed by atoms with van der Waals surface area (Å²) < 4.78 is 6.07. The SMILES string of the molecule is Cc1csc(Nc2ncc(C(=O)N3CCN(C)CC3)cc2OCc2ccccc2)n1. The van der Waals surface area contributed by atoms with Crippen LogP contribution in [0.1, 0.15) is 21.6 Å². The molecule has 1 amide bonds. The van der Waals surface area contributed by atoms with Gasteiger partial charge < -0.3 is 19.9 Å². The van der Waals surface area contributed by atoms with E-state index < -0.39 is 0 Å². The molecule has 0 spiro atoms. The molecule has 1 aliphatic heterocycles. The second-order valence-electron chi connectivity index (χ2n) is 7.36. The van der Waals surface area contributed by atoms with E-state index in [0.717, 1.165) is 29.5 Å². The number of anilines is 2. The molecule has 3 heterocycles. The van der Waals surface area contributed by atoms with E-state index in [-0.39, 0.29) is 5.91 Å². The summed E-state index contributed by atoms with van der Waals surface area (Å²) in [7, 11) is 2.07. The van der Waals surface area contributed by atoms with Crippen LogP contribution < -0.4 is 10.1 Å². The number of benzene rings is 1. The van der Waals surface area contributed by atoms with Crippen LogP contribution >= 0.6 is 11.3 Å². The third-order valence-corrected chi connectivity index (χ3v) is 5.85. The Balaban J connectivity index is 1.56. The van der Waals surface area contributed by atoms with Crippen molar-refractivity contribution in [2.45, 2.75) is 13.5 Å². The summed E-state index contributed by atoms with van der Waals surface area (Å²) in [6, 6.07) is 11.7. The number of piperazine rings is 1. The van der Waals surface area contributed by atoms with Gasteiger partial charge in [0.2, 0.25) is 0 Å². The zero-order valence-corrected chi connectivity index (χ0v) is 18.0. The molecule has 3 aromatic rings. The summed E-state index contributed by atoms with van der Waals surface area (Å²) in [6.07, 6.45) is 1.61. The molecule has 2 aromatic heterocycles. The summed E-state index contributed by atoms with van der Waals surface area (Å²) in [5, 5.41) is 5.93. The Morgan fingerprint density at radius 1 is 1.20 bits per heavy atom. The lowest BCUT2D eigenvalue weighted by molar-refractivity contribution is 0.0663. The Labute approximate surface area is 180 Å². The number of thiazole rings is 1. The fourth-order valence-corrected chi connectivity index (χ4v) is 3.89. The smallest absolute Gasteiger partial charge is 0.255 e. The van der Waals surface area contributed by atoms with Crippen LogP contribution in [0.2, 0.25) is 0 Å². The molecule has 0 unspecified atom stereocenters. The van der Waals surface area contributed by atoms with E-state index in [1.54, 1.807) is 12.3 Å². The highest BCUT2D eigenvalue weighted by Crippen LogP contribution is 2.29. The highest BCUT2D eigenvalue weighted by molar-refractivity contribution is 7.13. The van der Waals surface area contributed by atoms with E-state index in [0.29, 0.717) is 36.8 Å². The zero-order valence-electron chi connectivity index (χ0n) is 17.2. The van der Waals surface area contributed by atoms with Gasteiger partial charge in [0.1, 0.15) is 6.61 Å². The quantitative estimate of drug-likeness (QED) is 0.654. The Morgan fingerprint density at radius 2 is 1.97 bits per heavy atom. The molecule has 0 saturated carbocycles. The number of carbonyl (C=O) groups is 1. The van der Waals surface area contributed by atoms with Crippen molar-refractivity contribution >= 4 is 28.2 Å². The summed E-state index contributed by atoms with van der Waals surface area (Å²) >= 11 is 1.50. The molecule has 1 saturated heterocycles. The van der Waals surface area contributed by atoms with Gasteiger partial charge in [-0.25, -0.2) is 9.97 Å². The third kappa shape index (κ3) is 4.95. The Morgan fingerprint density at radius 3 is 2.67 bits per heavy atom. The number of hydrogen-bond donors (Lipinski definition) is 1. The van der Waals surface area contributed by atoms with Crippen molar-refractivity contribution in [2.75, 3.05) is 38.5 Å². The molecule has 0 bridgehead atoms. The summed E-state index contributed by atoms with van der Waals surface area (Å²) in [4.78, 5) is 26.0. The van der Waals surface area contributed by atoms with E-state index in [2.05, 4.69) is 27.2 Å². The average molecular weight is 424 g/mol. The first-order valence-electron chi connectivity index (χ1n) is 9.92. The number of likely N-dealkylation sites (N-methyl/N-ethyl adjacent to an activating group) is 1. The van der Waals surface area contributed by atoms with E-state index in [9.17, 15) is 4.79 Å². The van der Waals surface area contributed by atoms with Crippen molar-refractivity contribution in [3.63, 3.8) is 0 Å². The van der Waals surface area contributed by atoms with Crippen molar-refractivity contribution in [1.82, 2.24) is 19.8 Å². The highest BCUT2D eigenvalue weighted by atomic mass is 32.1. The Bertz CT molecular complexity index is 1000. The maximum atomic E-state index is 13.0. The molecule has 156 valence electrons. The topological polar surface area (TPSA) is 70.6 Å². The minimum absolute atomic E-state index is 0.0168. The number of hydrogen-bond acceptors (Lipinski definition) is 7. The van der Waals surface area contributed by atoms with Crippen molar-refractivity contribution in [2.24, 2.45) is 0 Å². The standard InChI is InChI=1S/C22H25N5O2S/c1-16-15-30-22(24-16)25-20-19(29-14-17-6-4-3-5-7-17)12-18(13-23-20)21(28)27-10-8-26(2)9-11-27/h3-7,12-13,15H,8-11,14H2,1-2H3,(H,23,24,25). The lowest BCUT2D eigenvalue weighted by Gasteiger charge is -2.32. The number of aryl methyl sites for hydroxylation is 1. The van der Waals surface area contributed by atoms with Crippen LogP contribution in [-0.4, -0.2) is 58.9 Å². The lowest BCUT2D eigenvalue weighted by atomic mass is 10.2. The monoisotopic (exact) mass is 423 g/mol. The van der Waals surface area contributed by atoms with Gasteiger partial charge in [0, 0.05) is 37.8 Å². The molecule has 1 aromatic carbocycles. The molecule has 7 nitrogen and oxygen atoms in total. The van der Waals surface area contributed by atoms with Gasteiger partial charge in [-0.3, -0.25) is 4.79 Å². The number of aromatic nitrogens is 2. The van der Waals surface area contributed by atoms with Gasteiger partial charge in [-0.1, -0.05) is 30.3 Å². The number of nitrogens with one attached hydrogen (secondary N) is 1. The maximum Gasteiger partial charge on any atom is 0.255 e. The Kier molecular flexibility index (Phi) is 6.25. The molecular formula is C22H25N5O2S. The average Bonchev–Trinajstić information content (AvgIpc) is 3.18. The number of carbonyl (C=O) groups excluding carboxylic acids is 1. The first-order chi connectivity index (χ1) is 14.6. The maximum absolute atomic E-state index is 13.0. The normalized spacial score (nSPS) is 14.5. The largest absolute Gasteiger partial charge is 0.485 e. The molecular weight excluding hydrogens is 398 g/mol. The first kappa shape index (κ1) is 20.3. The van der Waals surface area contributed by atoms with E-state index in [4.69, 9.17) is 4.74 Å². The predicted octanol–water partition coefficient (Wildman–Crippen LogP) is 3.56. The molecule has 4 rings (SSSR count). The summed E-state index contributed by atoms with van der Waals surface area (Å²) in [5.74, 6) is 1.07. The van der Waals surface area contributed by atoms with Crippen LogP contribution in [0.4, 0.5) is 10.9 Å². The highest BCUT2D eigenvalue weighted by Gasteiger charge is 2.22. The van der Waals surface area contributed by atoms with Gasteiger partial charge in [0.15, 0.2) is 16.7 Å². The number of pyridine rings is 1. The van der Waals surface area contributed by atoms with E-state index in [1.165, 1.54) is 11.3 Å².